The minimum atomic E-state index is -0.891. The molecular weight excluding hydrogens is 232 g/mol. The third-order valence-electron chi connectivity index (χ3n) is 3.48. The van der Waals surface area contributed by atoms with E-state index in [2.05, 4.69) is 0 Å². The zero-order valence-corrected chi connectivity index (χ0v) is 12.2. The van der Waals surface area contributed by atoms with Crippen molar-refractivity contribution in [1.29, 1.82) is 0 Å². The molecule has 0 aromatic heterocycles. The van der Waals surface area contributed by atoms with Gasteiger partial charge < -0.3 is 10.0 Å². The summed E-state index contributed by atoms with van der Waals surface area (Å²) in [6.45, 7) is 9.31. The van der Waals surface area contributed by atoms with E-state index in [9.17, 15) is 9.59 Å². The fourth-order valence-electron chi connectivity index (χ4n) is 1.64. The van der Waals surface area contributed by atoms with E-state index in [1.807, 2.05) is 13.8 Å². The predicted molar refractivity (Wildman–Crippen MR) is 71.5 cm³/mol. The third kappa shape index (κ3) is 4.64. The molecule has 18 heavy (non-hydrogen) atoms. The van der Waals surface area contributed by atoms with Gasteiger partial charge in [-0.1, -0.05) is 0 Å². The lowest BCUT2D eigenvalue weighted by Gasteiger charge is -2.31. The molecule has 0 radical (unpaired) electrons. The van der Waals surface area contributed by atoms with Crippen LogP contribution in [-0.2, 0) is 9.59 Å². The molecule has 0 atom stereocenters. The SMILES string of the molecule is CCN(CC)C(=O)CCCN(C)C(C)(C)C(=O)O. The molecule has 0 saturated carbocycles. The highest BCUT2D eigenvalue weighted by atomic mass is 16.4. The van der Waals surface area contributed by atoms with Crippen LogP contribution in [0.4, 0.5) is 0 Å². The van der Waals surface area contributed by atoms with Crippen LogP contribution in [-0.4, -0.2) is 59.0 Å². The number of rotatable bonds is 8. The van der Waals surface area contributed by atoms with Crippen LogP contribution in [0.3, 0.4) is 0 Å². The van der Waals surface area contributed by atoms with Gasteiger partial charge in [0.15, 0.2) is 0 Å². The van der Waals surface area contributed by atoms with Crippen molar-refractivity contribution in [3.63, 3.8) is 0 Å². The Labute approximate surface area is 110 Å². The van der Waals surface area contributed by atoms with E-state index >= 15 is 0 Å². The summed E-state index contributed by atoms with van der Waals surface area (Å²) in [5.74, 6) is -0.707. The van der Waals surface area contributed by atoms with Crippen LogP contribution in [0, 0.1) is 0 Å². The van der Waals surface area contributed by atoms with Crippen molar-refractivity contribution in [2.24, 2.45) is 0 Å². The Morgan fingerprint density at radius 2 is 1.67 bits per heavy atom. The zero-order valence-electron chi connectivity index (χ0n) is 12.2. The fourth-order valence-corrected chi connectivity index (χ4v) is 1.64. The summed E-state index contributed by atoms with van der Waals surface area (Å²) in [7, 11) is 1.77. The van der Waals surface area contributed by atoms with Crippen molar-refractivity contribution >= 4 is 11.9 Å². The molecule has 106 valence electrons. The lowest BCUT2D eigenvalue weighted by Crippen LogP contribution is -2.48. The summed E-state index contributed by atoms with van der Waals surface area (Å²) < 4.78 is 0. The van der Waals surface area contributed by atoms with Gasteiger partial charge >= 0.3 is 5.97 Å². The number of hydrogen-bond donors (Lipinski definition) is 1. The summed E-state index contributed by atoms with van der Waals surface area (Å²) in [4.78, 5) is 26.4. The van der Waals surface area contributed by atoms with E-state index in [1.165, 1.54) is 0 Å². The third-order valence-corrected chi connectivity index (χ3v) is 3.48. The van der Waals surface area contributed by atoms with Gasteiger partial charge in [-0.05, 0) is 47.7 Å². The molecule has 0 unspecified atom stereocenters. The number of carboxylic acids is 1. The number of likely N-dealkylation sites (N-methyl/N-ethyl adjacent to an activating group) is 1. The first-order chi connectivity index (χ1) is 8.27. The molecule has 5 nitrogen and oxygen atoms in total. The summed E-state index contributed by atoms with van der Waals surface area (Å²) in [5.41, 5.74) is -0.891. The molecule has 1 N–H and O–H groups in total. The van der Waals surface area contributed by atoms with E-state index < -0.39 is 11.5 Å². The van der Waals surface area contributed by atoms with Gasteiger partial charge in [-0.3, -0.25) is 14.5 Å². The maximum Gasteiger partial charge on any atom is 0.323 e. The standard InChI is InChI=1S/C13H26N2O3/c1-6-15(7-2)11(16)9-8-10-14(5)13(3,4)12(17)18/h6-10H2,1-5H3,(H,17,18). The van der Waals surface area contributed by atoms with Crippen LogP contribution in [0.5, 0.6) is 0 Å². The maximum absolute atomic E-state index is 11.8. The van der Waals surface area contributed by atoms with Gasteiger partial charge in [0.1, 0.15) is 5.54 Å². The van der Waals surface area contributed by atoms with E-state index in [0.717, 1.165) is 13.1 Å². The Morgan fingerprint density at radius 3 is 2.06 bits per heavy atom. The number of carbonyl (C=O) groups excluding carboxylic acids is 1. The molecule has 0 aliphatic heterocycles. The highest BCUT2D eigenvalue weighted by Crippen LogP contribution is 2.13. The highest BCUT2D eigenvalue weighted by molar-refractivity contribution is 5.77. The van der Waals surface area contributed by atoms with Crippen molar-refractivity contribution in [1.82, 2.24) is 9.80 Å². The molecule has 0 fully saturated rings. The van der Waals surface area contributed by atoms with Crippen LogP contribution in [0.1, 0.15) is 40.5 Å². The van der Waals surface area contributed by atoms with Crippen molar-refractivity contribution in [3.8, 4) is 0 Å². The Kier molecular flexibility index (Phi) is 6.91. The van der Waals surface area contributed by atoms with E-state index in [-0.39, 0.29) is 5.91 Å². The van der Waals surface area contributed by atoms with Crippen molar-refractivity contribution in [2.75, 3.05) is 26.7 Å². The minimum Gasteiger partial charge on any atom is -0.480 e. The summed E-state index contributed by atoms with van der Waals surface area (Å²) in [6, 6.07) is 0. The average molecular weight is 258 g/mol. The van der Waals surface area contributed by atoms with E-state index in [0.29, 0.717) is 19.4 Å². The molecule has 0 spiro atoms. The van der Waals surface area contributed by atoms with Crippen molar-refractivity contribution < 1.29 is 14.7 Å². The van der Waals surface area contributed by atoms with Gasteiger partial charge in [0.25, 0.3) is 0 Å². The largest absolute Gasteiger partial charge is 0.480 e. The summed E-state index contributed by atoms with van der Waals surface area (Å²) in [6.07, 6.45) is 1.16. The minimum absolute atomic E-state index is 0.140. The smallest absolute Gasteiger partial charge is 0.323 e. The van der Waals surface area contributed by atoms with Crippen molar-refractivity contribution in [2.45, 2.75) is 46.1 Å². The Bertz CT molecular complexity index is 286. The molecule has 0 aromatic rings. The van der Waals surface area contributed by atoms with Crippen LogP contribution in [0.15, 0.2) is 0 Å². The molecule has 0 aliphatic rings. The molecule has 1 amide bonds. The first-order valence-corrected chi connectivity index (χ1v) is 6.49. The molecule has 0 heterocycles. The summed E-state index contributed by atoms with van der Waals surface area (Å²) in [5, 5.41) is 9.07. The van der Waals surface area contributed by atoms with E-state index in [1.54, 1.807) is 30.7 Å². The van der Waals surface area contributed by atoms with Gasteiger partial charge in [-0.2, -0.15) is 0 Å². The molecule has 0 aliphatic carbocycles. The van der Waals surface area contributed by atoms with Crippen LogP contribution in [0.25, 0.3) is 0 Å². The second-order valence-corrected chi connectivity index (χ2v) is 4.96. The van der Waals surface area contributed by atoms with Crippen LogP contribution in [0.2, 0.25) is 0 Å². The van der Waals surface area contributed by atoms with Crippen LogP contribution < -0.4 is 0 Å². The van der Waals surface area contributed by atoms with Gasteiger partial charge in [0, 0.05) is 19.5 Å². The first kappa shape index (κ1) is 16.9. The number of carbonyl (C=O) groups is 2. The zero-order chi connectivity index (χ0) is 14.3. The number of carboxylic acid groups (broad SMARTS) is 1. The second-order valence-electron chi connectivity index (χ2n) is 4.96. The fraction of sp³-hybridized carbons (Fsp3) is 0.846. The highest BCUT2D eigenvalue weighted by Gasteiger charge is 2.31. The lowest BCUT2D eigenvalue weighted by molar-refractivity contribution is -0.148. The van der Waals surface area contributed by atoms with Gasteiger partial charge in [-0.25, -0.2) is 0 Å². The molecule has 5 heteroatoms. The first-order valence-electron chi connectivity index (χ1n) is 6.49. The van der Waals surface area contributed by atoms with Crippen LogP contribution >= 0.6 is 0 Å². The van der Waals surface area contributed by atoms with Crippen molar-refractivity contribution in [3.05, 3.63) is 0 Å². The average Bonchev–Trinajstić information content (AvgIpc) is 2.30. The van der Waals surface area contributed by atoms with Gasteiger partial charge in [0.05, 0.1) is 0 Å². The Hall–Kier alpha value is -1.10. The Morgan fingerprint density at radius 1 is 1.17 bits per heavy atom. The number of aliphatic carboxylic acids is 1. The molecule has 0 bridgehead atoms. The summed E-state index contributed by atoms with van der Waals surface area (Å²) >= 11 is 0. The topological polar surface area (TPSA) is 60.9 Å². The number of nitrogens with zero attached hydrogens (tertiary/aromatic N) is 2. The molecule has 0 rings (SSSR count). The maximum atomic E-state index is 11.8. The van der Waals surface area contributed by atoms with Gasteiger partial charge in [0.2, 0.25) is 5.91 Å². The second kappa shape index (κ2) is 7.36. The quantitative estimate of drug-likeness (QED) is 0.715. The van der Waals surface area contributed by atoms with E-state index in [4.69, 9.17) is 5.11 Å². The molecule has 0 aromatic carbocycles. The lowest BCUT2D eigenvalue weighted by atomic mass is 10.0. The number of hydrogen-bond acceptors (Lipinski definition) is 3. The van der Waals surface area contributed by atoms with Gasteiger partial charge in [-0.15, -0.1) is 0 Å². The monoisotopic (exact) mass is 258 g/mol. The predicted octanol–water partition coefficient (Wildman–Crippen LogP) is 1.43. The Balaban J connectivity index is 4.13. The number of amides is 1. The molecular formula is C13H26N2O3. The normalized spacial score (nSPS) is 11.7. The molecule has 0 saturated heterocycles.